The van der Waals surface area contributed by atoms with Gasteiger partial charge in [0.15, 0.2) is 4.80 Å². The summed E-state index contributed by atoms with van der Waals surface area (Å²) in [6.45, 7) is 2.36. The van der Waals surface area contributed by atoms with Gasteiger partial charge in [0.25, 0.3) is 5.91 Å². The van der Waals surface area contributed by atoms with E-state index < -0.39 is 11.9 Å². The van der Waals surface area contributed by atoms with Crippen LogP contribution in [0.1, 0.15) is 27.6 Å². The molecular formula is C18H15FN2O3S. The first kappa shape index (κ1) is 17.0. The highest BCUT2D eigenvalue weighted by Crippen LogP contribution is 2.20. The number of amides is 1. The third-order valence-corrected chi connectivity index (χ3v) is 4.76. The van der Waals surface area contributed by atoms with Crippen molar-refractivity contribution in [2.75, 3.05) is 7.11 Å². The Morgan fingerprint density at radius 3 is 2.48 bits per heavy atom. The second-order valence-electron chi connectivity index (χ2n) is 5.20. The van der Waals surface area contributed by atoms with Gasteiger partial charge in [0, 0.05) is 12.1 Å². The third kappa shape index (κ3) is 3.23. The predicted molar refractivity (Wildman–Crippen MR) is 93.1 cm³/mol. The van der Waals surface area contributed by atoms with Crippen molar-refractivity contribution in [2.24, 2.45) is 4.99 Å². The summed E-state index contributed by atoms with van der Waals surface area (Å²) in [7, 11) is 1.29. The number of hydrogen-bond donors (Lipinski definition) is 0. The molecular weight excluding hydrogens is 343 g/mol. The Labute approximate surface area is 147 Å². The monoisotopic (exact) mass is 358 g/mol. The van der Waals surface area contributed by atoms with Gasteiger partial charge in [-0.15, -0.1) is 0 Å². The Morgan fingerprint density at radius 2 is 1.84 bits per heavy atom. The fourth-order valence-corrected chi connectivity index (χ4v) is 3.59. The molecule has 0 saturated heterocycles. The highest BCUT2D eigenvalue weighted by Gasteiger charge is 2.12. The number of nitrogens with zero attached hydrogens (tertiary/aromatic N) is 2. The molecule has 1 amide bonds. The maximum atomic E-state index is 14.1. The van der Waals surface area contributed by atoms with E-state index in [2.05, 4.69) is 9.73 Å². The number of aromatic nitrogens is 1. The second kappa shape index (κ2) is 6.98. The van der Waals surface area contributed by atoms with Gasteiger partial charge in [-0.3, -0.25) is 4.79 Å². The SMILES string of the molecule is CCn1c(=NC(=O)c2ccc(C(=O)OC)cc2)sc2cccc(F)c21. The zero-order valence-electron chi connectivity index (χ0n) is 13.7. The molecule has 0 bridgehead atoms. The number of hydrogen-bond acceptors (Lipinski definition) is 4. The summed E-state index contributed by atoms with van der Waals surface area (Å²) < 4.78 is 21.1. The summed E-state index contributed by atoms with van der Waals surface area (Å²) in [5, 5.41) is 0. The van der Waals surface area contributed by atoms with Crippen LogP contribution in [0.25, 0.3) is 10.2 Å². The maximum Gasteiger partial charge on any atom is 0.337 e. The van der Waals surface area contributed by atoms with Crippen molar-refractivity contribution < 1.29 is 18.7 Å². The van der Waals surface area contributed by atoms with Crippen LogP contribution in [-0.4, -0.2) is 23.6 Å². The molecule has 0 aliphatic rings. The van der Waals surface area contributed by atoms with Crippen LogP contribution >= 0.6 is 11.3 Å². The summed E-state index contributed by atoms with van der Waals surface area (Å²) >= 11 is 1.26. The average molecular weight is 358 g/mol. The van der Waals surface area contributed by atoms with E-state index in [0.29, 0.717) is 28.0 Å². The van der Waals surface area contributed by atoms with Gasteiger partial charge in [-0.25, -0.2) is 9.18 Å². The van der Waals surface area contributed by atoms with Gasteiger partial charge < -0.3 is 9.30 Å². The fraction of sp³-hybridized carbons (Fsp3) is 0.167. The molecule has 0 unspecified atom stereocenters. The first-order valence-electron chi connectivity index (χ1n) is 7.60. The molecule has 2 aromatic carbocycles. The van der Waals surface area contributed by atoms with Crippen molar-refractivity contribution in [1.82, 2.24) is 4.57 Å². The van der Waals surface area contributed by atoms with Crippen molar-refractivity contribution in [1.29, 1.82) is 0 Å². The number of ether oxygens (including phenoxy) is 1. The van der Waals surface area contributed by atoms with E-state index in [9.17, 15) is 14.0 Å². The van der Waals surface area contributed by atoms with Crippen LogP contribution in [0.2, 0.25) is 0 Å². The smallest absolute Gasteiger partial charge is 0.337 e. The number of methoxy groups -OCH3 is 1. The Morgan fingerprint density at radius 1 is 1.16 bits per heavy atom. The quantitative estimate of drug-likeness (QED) is 0.674. The van der Waals surface area contributed by atoms with Crippen LogP contribution in [0.3, 0.4) is 0 Å². The topological polar surface area (TPSA) is 60.7 Å². The van der Waals surface area contributed by atoms with E-state index in [1.165, 1.54) is 48.8 Å². The number of carbonyl (C=O) groups is 2. The minimum atomic E-state index is -0.472. The first-order chi connectivity index (χ1) is 12.0. The predicted octanol–water partition coefficient (Wildman–Crippen LogP) is 3.39. The number of fused-ring (bicyclic) bond motifs is 1. The minimum absolute atomic E-state index is 0.341. The van der Waals surface area contributed by atoms with E-state index >= 15 is 0 Å². The zero-order chi connectivity index (χ0) is 18.0. The second-order valence-corrected chi connectivity index (χ2v) is 6.21. The minimum Gasteiger partial charge on any atom is -0.465 e. The molecule has 128 valence electrons. The summed E-state index contributed by atoms with van der Waals surface area (Å²) in [4.78, 5) is 28.4. The lowest BCUT2D eigenvalue weighted by Crippen LogP contribution is -2.16. The van der Waals surface area contributed by atoms with E-state index in [0.717, 1.165) is 4.70 Å². The summed E-state index contributed by atoms with van der Waals surface area (Å²) in [5.74, 6) is -1.27. The first-order valence-corrected chi connectivity index (χ1v) is 8.42. The normalized spacial score (nSPS) is 11.7. The molecule has 5 nitrogen and oxygen atoms in total. The number of carbonyl (C=O) groups excluding carboxylic acids is 2. The van der Waals surface area contributed by atoms with Crippen molar-refractivity contribution in [3.05, 3.63) is 64.2 Å². The molecule has 0 aliphatic carbocycles. The summed E-state index contributed by atoms with van der Waals surface area (Å²) in [6.07, 6.45) is 0. The van der Waals surface area contributed by atoms with Crippen LogP contribution < -0.4 is 4.80 Å². The van der Waals surface area contributed by atoms with Crippen molar-refractivity contribution in [3.63, 3.8) is 0 Å². The van der Waals surface area contributed by atoms with Gasteiger partial charge >= 0.3 is 5.97 Å². The van der Waals surface area contributed by atoms with Gasteiger partial charge in [-0.1, -0.05) is 17.4 Å². The molecule has 0 atom stereocenters. The fourth-order valence-electron chi connectivity index (χ4n) is 2.48. The number of aryl methyl sites for hydroxylation is 1. The van der Waals surface area contributed by atoms with Gasteiger partial charge in [0.1, 0.15) is 5.82 Å². The van der Waals surface area contributed by atoms with E-state index in [4.69, 9.17) is 0 Å². The van der Waals surface area contributed by atoms with Crippen LogP contribution in [-0.2, 0) is 11.3 Å². The van der Waals surface area contributed by atoms with Crippen LogP contribution in [0.5, 0.6) is 0 Å². The molecule has 0 saturated carbocycles. The standard InChI is InChI=1S/C18H15FN2O3S/c1-3-21-15-13(19)5-4-6-14(15)25-18(21)20-16(22)11-7-9-12(10-8-11)17(23)24-2/h4-10H,3H2,1-2H3. The summed E-state index contributed by atoms with van der Waals surface area (Å²) in [6, 6.07) is 10.9. The maximum absolute atomic E-state index is 14.1. The Bertz CT molecular complexity index is 1020. The molecule has 0 N–H and O–H groups in total. The Hall–Kier alpha value is -2.80. The molecule has 25 heavy (non-hydrogen) atoms. The van der Waals surface area contributed by atoms with Gasteiger partial charge in [0.2, 0.25) is 0 Å². The summed E-state index contributed by atoms with van der Waals surface area (Å²) in [5.41, 5.74) is 1.14. The molecule has 0 spiro atoms. The number of esters is 1. The van der Waals surface area contributed by atoms with Gasteiger partial charge in [-0.05, 0) is 43.3 Å². The number of para-hydroxylation sites is 1. The number of rotatable bonds is 3. The lowest BCUT2D eigenvalue weighted by atomic mass is 10.1. The van der Waals surface area contributed by atoms with E-state index in [1.807, 2.05) is 6.92 Å². The Kier molecular flexibility index (Phi) is 4.76. The number of halogens is 1. The highest BCUT2D eigenvalue weighted by molar-refractivity contribution is 7.16. The number of thiazole rings is 1. The molecule has 1 heterocycles. The van der Waals surface area contributed by atoms with Crippen LogP contribution in [0.4, 0.5) is 4.39 Å². The molecule has 0 aliphatic heterocycles. The molecule has 1 aromatic heterocycles. The third-order valence-electron chi connectivity index (χ3n) is 3.72. The number of benzene rings is 2. The zero-order valence-corrected chi connectivity index (χ0v) is 14.5. The van der Waals surface area contributed by atoms with Crippen molar-refractivity contribution >= 4 is 33.4 Å². The molecule has 7 heteroatoms. The average Bonchev–Trinajstić information content (AvgIpc) is 2.99. The lowest BCUT2D eigenvalue weighted by Gasteiger charge is -2.02. The highest BCUT2D eigenvalue weighted by atomic mass is 32.1. The lowest BCUT2D eigenvalue weighted by molar-refractivity contribution is 0.0600. The van der Waals surface area contributed by atoms with Crippen molar-refractivity contribution in [3.8, 4) is 0 Å². The molecule has 0 fully saturated rings. The largest absolute Gasteiger partial charge is 0.465 e. The van der Waals surface area contributed by atoms with Crippen LogP contribution in [0.15, 0.2) is 47.5 Å². The van der Waals surface area contributed by atoms with Crippen LogP contribution in [0, 0.1) is 5.82 Å². The van der Waals surface area contributed by atoms with Gasteiger partial charge in [0.05, 0.1) is 22.9 Å². The Balaban J connectivity index is 2.03. The van der Waals surface area contributed by atoms with Crippen molar-refractivity contribution in [2.45, 2.75) is 13.5 Å². The van der Waals surface area contributed by atoms with E-state index in [-0.39, 0.29) is 5.82 Å². The molecule has 3 aromatic rings. The molecule has 0 radical (unpaired) electrons. The van der Waals surface area contributed by atoms with Gasteiger partial charge in [-0.2, -0.15) is 4.99 Å². The molecule has 3 rings (SSSR count). The van der Waals surface area contributed by atoms with E-state index in [1.54, 1.807) is 16.7 Å².